The van der Waals surface area contributed by atoms with E-state index in [0.717, 1.165) is 41.9 Å². The third-order valence-electron chi connectivity index (χ3n) is 8.28. The van der Waals surface area contributed by atoms with Crippen molar-refractivity contribution in [3.63, 3.8) is 0 Å². The van der Waals surface area contributed by atoms with Gasteiger partial charge in [0, 0.05) is 18.2 Å². The monoisotopic (exact) mass is 659 g/mol. The van der Waals surface area contributed by atoms with Crippen molar-refractivity contribution in [3.8, 4) is 11.9 Å². The summed E-state index contributed by atoms with van der Waals surface area (Å²) in [5, 5.41) is 9.18. The van der Waals surface area contributed by atoms with Gasteiger partial charge in [0.1, 0.15) is 11.1 Å². The van der Waals surface area contributed by atoms with Crippen molar-refractivity contribution in [2.24, 2.45) is 5.92 Å². The van der Waals surface area contributed by atoms with Gasteiger partial charge in [-0.25, -0.2) is 9.78 Å². The number of amides is 2. The number of pyridine rings is 1. The highest BCUT2D eigenvalue weighted by Crippen LogP contribution is 2.40. The number of carbonyl (C=O) groups excluding carboxylic acids is 2. The van der Waals surface area contributed by atoms with Crippen molar-refractivity contribution >= 4 is 40.7 Å². The van der Waals surface area contributed by atoms with Crippen LogP contribution in [0.5, 0.6) is 5.88 Å². The molecule has 9 nitrogen and oxygen atoms in total. The molecule has 0 aliphatic carbocycles. The average molecular weight is 660 g/mol. The van der Waals surface area contributed by atoms with E-state index in [1.54, 1.807) is 35.9 Å². The number of alkyl halides is 3. The van der Waals surface area contributed by atoms with Gasteiger partial charge in [0.25, 0.3) is 5.91 Å². The normalized spacial score (nSPS) is 20.2. The number of nitriles is 1. The summed E-state index contributed by atoms with van der Waals surface area (Å²) in [7, 11) is 0. The van der Waals surface area contributed by atoms with Crippen molar-refractivity contribution in [1.29, 1.82) is 5.26 Å². The van der Waals surface area contributed by atoms with Crippen molar-refractivity contribution < 1.29 is 32.2 Å². The molecule has 248 valence electrons. The maximum atomic E-state index is 13.7. The van der Waals surface area contributed by atoms with Crippen LogP contribution >= 0.6 is 12.2 Å². The number of halogens is 3. The summed E-state index contributed by atoms with van der Waals surface area (Å²) in [5.74, 6) is 0.317. The number of aryl methyl sites for hydroxylation is 1. The average Bonchev–Trinajstić information content (AvgIpc) is 3.14. The molecule has 0 saturated carbocycles. The molecule has 2 aliphatic heterocycles. The predicted molar refractivity (Wildman–Crippen MR) is 172 cm³/mol. The Balaban J connectivity index is 1.46. The lowest BCUT2D eigenvalue weighted by molar-refractivity contribution is -0.137. The van der Waals surface area contributed by atoms with Gasteiger partial charge >= 0.3 is 12.3 Å². The first kappa shape index (κ1) is 34.9. The van der Waals surface area contributed by atoms with Crippen molar-refractivity contribution in [1.82, 2.24) is 9.88 Å². The molecule has 2 saturated heterocycles. The first-order valence-corrected chi connectivity index (χ1v) is 15.7. The molecule has 1 aromatic heterocycles. The molecular weight excluding hydrogens is 619 g/mol. The quantitative estimate of drug-likeness (QED) is 0.287. The van der Waals surface area contributed by atoms with Crippen LogP contribution in [-0.4, -0.2) is 57.3 Å². The SMILES string of the molecule is CCc1cc(N2C(=S)N(c3ccc(C#N)c(C(F)(F)F)c3)C(=O)C2(C)C)cnc1OCC[C@@H]1CCN(C(=O)OC(C)(C)C)[C@H](C)C1. The lowest BCUT2D eigenvalue weighted by Gasteiger charge is -2.38. The Morgan fingerprint density at radius 2 is 1.89 bits per heavy atom. The second kappa shape index (κ2) is 13.1. The van der Waals surface area contributed by atoms with Gasteiger partial charge in [-0.05, 0) is 110 Å². The molecule has 2 amide bonds. The largest absolute Gasteiger partial charge is 0.477 e. The first-order chi connectivity index (χ1) is 21.4. The number of anilines is 2. The molecule has 2 aliphatic rings. The minimum atomic E-state index is -4.79. The summed E-state index contributed by atoms with van der Waals surface area (Å²) in [6, 6.07) is 6.53. The van der Waals surface area contributed by atoms with E-state index in [0.29, 0.717) is 37.1 Å². The molecule has 0 bridgehead atoms. The van der Waals surface area contributed by atoms with Gasteiger partial charge in [0.2, 0.25) is 5.88 Å². The van der Waals surface area contributed by atoms with E-state index in [4.69, 9.17) is 21.7 Å². The molecule has 0 radical (unpaired) electrons. The van der Waals surface area contributed by atoms with E-state index in [9.17, 15) is 28.0 Å². The fourth-order valence-electron chi connectivity index (χ4n) is 5.90. The Morgan fingerprint density at radius 1 is 1.20 bits per heavy atom. The summed E-state index contributed by atoms with van der Waals surface area (Å²) >= 11 is 5.66. The molecule has 0 unspecified atom stereocenters. The van der Waals surface area contributed by atoms with Crippen molar-refractivity contribution in [3.05, 3.63) is 47.2 Å². The molecule has 2 atom stereocenters. The summed E-state index contributed by atoms with van der Waals surface area (Å²) in [6.07, 6.45) is -0.491. The number of ether oxygens (including phenoxy) is 2. The van der Waals surface area contributed by atoms with Gasteiger partial charge in [-0.15, -0.1) is 0 Å². The second-order valence-corrected chi connectivity index (χ2v) is 13.6. The number of piperidine rings is 1. The van der Waals surface area contributed by atoms with Crippen molar-refractivity contribution in [2.75, 3.05) is 23.0 Å². The summed E-state index contributed by atoms with van der Waals surface area (Å²) < 4.78 is 52.7. The van der Waals surface area contributed by atoms with E-state index in [1.807, 2.05) is 40.7 Å². The third-order valence-corrected chi connectivity index (χ3v) is 8.65. The van der Waals surface area contributed by atoms with Crippen LogP contribution in [0.3, 0.4) is 0 Å². The molecule has 0 spiro atoms. The maximum absolute atomic E-state index is 13.7. The van der Waals surface area contributed by atoms with Crippen LogP contribution in [0.1, 0.15) is 84.4 Å². The van der Waals surface area contributed by atoms with E-state index >= 15 is 0 Å². The van der Waals surface area contributed by atoms with Gasteiger partial charge in [-0.3, -0.25) is 9.69 Å². The molecule has 1 aromatic carbocycles. The highest BCUT2D eigenvalue weighted by atomic mass is 32.1. The molecule has 3 heterocycles. The molecule has 2 aromatic rings. The lowest BCUT2D eigenvalue weighted by atomic mass is 9.89. The number of hydrogen-bond donors (Lipinski definition) is 0. The summed E-state index contributed by atoms with van der Waals surface area (Å²) in [5.41, 5.74) is -2.25. The molecule has 13 heteroatoms. The zero-order chi connectivity index (χ0) is 34.2. The van der Waals surface area contributed by atoms with E-state index in [2.05, 4.69) is 4.98 Å². The highest BCUT2D eigenvalue weighted by molar-refractivity contribution is 7.81. The zero-order valence-electron chi connectivity index (χ0n) is 27.2. The van der Waals surface area contributed by atoms with Gasteiger partial charge in [-0.2, -0.15) is 18.4 Å². The van der Waals surface area contributed by atoms with Crippen LogP contribution in [0.15, 0.2) is 30.5 Å². The number of rotatable bonds is 7. The fourth-order valence-corrected chi connectivity index (χ4v) is 6.42. The van der Waals surface area contributed by atoms with Crippen LogP contribution in [-0.2, 0) is 22.1 Å². The van der Waals surface area contributed by atoms with Crippen molar-refractivity contribution in [2.45, 2.75) is 97.5 Å². The standard InChI is InChI=1S/C33H40F3N5O4S/c1-8-22-16-25(19-38-27(22)44-14-12-21-11-13-39(20(2)15-21)30(43)45-31(3,4)5)41-29(46)40(28(42)32(41,6)7)24-10-9-23(18-37)26(17-24)33(34,35)36/h9-10,16-17,19-21H,8,11-15H2,1-7H3/t20-,21+/m1/s1. The molecular formula is C33H40F3N5O4S. The van der Waals surface area contributed by atoms with Gasteiger partial charge in [0.05, 0.1) is 41.4 Å². The Kier molecular flexibility index (Phi) is 9.92. The number of aromatic nitrogens is 1. The lowest BCUT2D eigenvalue weighted by Crippen LogP contribution is -2.46. The van der Waals surface area contributed by atoms with Gasteiger partial charge in [-0.1, -0.05) is 6.92 Å². The van der Waals surface area contributed by atoms with E-state index < -0.39 is 34.4 Å². The van der Waals surface area contributed by atoms with Crippen LogP contribution in [0, 0.1) is 17.2 Å². The van der Waals surface area contributed by atoms with Gasteiger partial charge in [0.15, 0.2) is 5.11 Å². The molecule has 4 rings (SSSR count). The zero-order valence-corrected chi connectivity index (χ0v) is 28.0. The summed E-state index contributed by atoms with van der Waals surface area (Å²) in [6.45, 7) is 13.9. The predicted octanol–water partition coefficient (Wildman–Crippen LogP) is 7.26. The minimum Gasteiger partial charge on any atom is -0.477 e. The second-order valence-electron chi connectivity index (χ2n) is 13.2. The Hall–Kier alpha value is -3.92. The topological polar surface area (TPSA) is 99.0 Å². The third kappa shape index (κ3) is 7.22. The number of carbonyl (C=O) groups is 2. The number of thiocarbonyl (C=S) groups is 1. The number of hydrogen-bond acceptors (Lipinski definition) is 7. The first-order valence-electron chi connectivity index (χ1n) is 15.3. The van der Waals surface area contributed by atoms with Crippen LogP contribution in [0.4, 0.5) is 29.3 Å². The summed E-state index contributed by atoms with van der Waals surface area (Å²) in [4.78, 5) is 35.1. The van der Waals surface area contributed by atoms with Crippen LogP contribution in [0.2, 0.25) is 0 Å². The minimum absolute atomic E-state index is 0.00259. The van der Waals surface area contributed by atoms with Crippen LogP contribution in [0.25, 0.3) is 0 Å². The van der Waals surface area contributed by atoms with Crippen LogP contribution < -0.4 is 14.5 Å². The number of benzene rings is 1. The number of nitrogens with zero attached hydrogens (tertiary/aromatic N) is 5. The number of likely N-dealkylation sites (tertiary alicyclic amines) is 1. The molecule has 0 N–H and O–H groups in total. The molecule has 2 fully saturated rings. The highest BCUT2D eigenvalue weighted by Gasteiger charge is 2.51. The fraction of sp³-hybridized carbons (Fsp3) is 0.545. The Labute approximate surface area is 273 Å². The van der Waals surface area contributed by atoms with E-state index in [-0.39, 0.29) is 22.9 Å². The van der Waals surface area contributed by atoms with E-state index in [1.165, 1.54) is 6.07 Å². The molecule has 46 heavy (non-hydrogen) atoms. The maximum Gasteiger partial charge on any atom is 0.417 e. The Morgan fingerprint density at radius 3 is 2.48 bits per heavy atom. The Bertz CT molecular complexity index is 1550. The smallest absolute Gasteiger partial charge is 0.417 e. The van der Waals surface area contributed by atoms with Gasteiger partial charge < -0.3 is 19.3 Å².